The van der Waals surface area contributed by atoms with Crippen molar-refractivity contribution in [1.29, 1.82) is 0 Å². The molecule has 1 atom stereocenters. The van der Waals surface area contributed by atoms with Crippen molar-refractivity contribution in [3.05, 3.63) is 22.2 Å². The molecule has 3 aliphatic heterocycles. The highest BCUT2D eigenvalue weighted by Gasteiger charge is 2.28. The van der Waals surface area contributed by atoms with Crippen molar-refractivity contribution in [3.63, 3.8) is 0 Å². The molecular formula is C35H56ClN5O5. The van der Waals surface area contributed by atoms with Gasteiger partial charge in [-0.05, 0) is 84.0 Å². The van der Waals surface area contributed by atoms with Gasteiger partial charge in [0.1, 0.15) is 5.75 Å². The summed E-state index contributed by atoms with van der Waals surface area (Å²) < 4.78 is 10.7. The number of nitrogen functional groups attached to an aromatic ring is 1. The van der Waals surface area contributed by atoms with Gasteiger partial charge in [-0.1, -0.05) is 37.3 Å². The number of carbonyl (C=O) groups is 3. The molecule has 3 aliphatic rings. The van der Waals surface area contributed by atoms with E-state index in [4.69, 9.17) is 26.8 Å². The Labute approximate surface area is 280 Å². The van der Waals surface area contributed by atoms with E-state index in [1.807, 2.05) is 6.92 Å². The molecule has 0 aliphatic carbocycles. The van der Waals surface area contributed by atoms with Crippen LogP contribution in [0.25, 0.3) is 0 Å². The Bertz CT molecular complexity index is 1140. The third kappa shape index (κ3) is 11.6. The van der Waals surface area contributed by atoms with E-state index in [2.05, 4.69) is 20.4 Å². The number of rotatable bonds is 18. The van der Waals surface area contributed by atoms with E-state index in [9.17, 15) is 14.4 Å². The lowest BCUT2D eigenvalue weighted by Gasteiger charge is -2.33. The molecule has 0 saturated carbocycles. The van der Waals surface area contributed by atoms with Gasteiger partial charge in [0.25, 0.3) is 5.91 Å². The zero-order valence-electron chi connectivity index (χ0n) is 27.9. The number of esters is 1. The second-order valence-corrected chi connectivity index (χ2v) is 13.6. The number of benzene rings is 1. The maximum Gasteiger partial charge on any atom is 0.305 e. The van der Waals surface area contributed by atoms with Crippen LogP contribution in [-0.2, 0) is 20.7 Å². The van der Waals surface area contributed by atoms with Crippen molar-refractivity contribution in [1.82, 2.24) is 20.4 Å². The summed E-state index contributed by atoms with van der Waals surface area (Å²) in [6.45, 7) is 8.92. The van der Waals surface area contributed by atoms with E-state index in [0.717, 1.165) is 109 Å². The van der Waals surface area contributed by atoms with Crippen LogP contribution >= 0.6 is 11.6 Å². The van der Waals surface area contributed by atoms with E-state index in [1.54, 1.807) is 6.07 Å². The molecular weight excluding hydrogens is 606 g/mol. The van der Waals surface area contributed by atoms with Gasteiger partial charge in [-0.2, -0.15) is 0 Å². The van der Waals surface area contributed by atoms with Crippen molar-refractivity contribution < 1.29 is 23.9 Å². The van der Waals surface area contributed by atoms with Crippen LogP contribution < -0.4 is 21.1 Å². The summed E-state index contributed by atoms with van der Waals surface area (Å²) in [5.74, 6) is 0.535. The summed E-state index contributed by atoms with van der Waals surface area (Å²) in [6.07, 6.45) is 14.4. The van der Waals surface area contributed by atoms with Crippen LogP contribution in [0.5, 0.6) is 5.75 Å². The number of carbonyl (C=O) groups excluding carboxylic acids is 3. The molecule has 46 heavy (non-hydrogen) atoms. The standard InChI is InChI=1S/C35H56ClN5O5/c1-2-45-32(43)14-8-4-3-5-9-19-41-20-11-12-27(25-41)38-31(42)13-7-6-10-18-40-21-15-26(16-22-40)39-35(44)29-24-30(36)33(37)28-17-23-46-34(28)29/h24,26-27H,2-23,25,37H2,1H3,(H,38,42)(H,39,44). The summed E-state index contributed by atoms with van der Waals surface area (Å²) >= 11 is 6.28. The minimum Gasteiger partial charge on any atom is -0.492 e. The van der Waals surface area contributed by atoms with Gasteiger partial charge in [-0.25, -0.2) is 0 Å². The number of nitrogens with one attached hydrogen (secondary N) is 2. The van der Waals surface area contributed by atoms with Crippen molar-refractivity contribution in [3.8, 4) is 5.75 Å². The Balaban J connectivity index is 1.01. The maximum atomic E-state index is 13.0. The number of unbranched alkanes of at least 4 members (excludes halogenated alkanes) is 6. The predicted molar refractivity (Wildman–Crippen MR) is 182 cm³/mol. The number of likely N-dealkylation sites (tertiary alicyclic amines) is 2. The predicted octanol–water partition coefficient (Wildman–Crippen LogP) is 5.10. The quantitative estimate of drug-likeness (QED) is 0.113. The van der Waals surface area contributed by atoms with Crippen molar-refractivity contribution >= 4 is 35.1 Å². The molecule has 11 heteroatoms. The van der Waals surface area contributed by atoms with Crippen LogP contribution in [0, 0.1) is 0 Å². The van der Waals surface area contributed by atoms with Gasteiger partial charge >= 0.3 is 5.97 Å². The highest BCUT2D eigenvalue weighted by Crippen LogP contribution is 2.38. The summed E-state index contributed by atoms with van der Waals surface area (Å²) in [7, 11) is 0. The molecule has 2 amide bonds. The molecule has 1 aromatic carbocycles. The fourth-order valence-corrected chi connectivity index (χ4v) is 7.17. The first kappa shape index (κ1) is 36.3. The molecule has 2 saturated heterocycles. The SMILES string of the molecule is CCOC(=O)CCCCCCCN1CCCC(NC(=O)CCCCCN2CCC(NC(=O)c3cc(Cl)c(N)c4c3OCC4)CC2)C1. The molecule has 0 bridgehead atoms. The molecule has 1 aromatic rings. The largest absolute Gasteiger partial charge is 0.492 e. The first-order valence-electron chi connectivity index (χ1n) is 17.8. The zero-order valence-corrected chi connectivity index (χ0v) is 28.6. The Morgan fingerprint density at radius 2 is 1.61 bits per heavy atom. The summed E-state index contributed by atoms with van der Waals surface area (Å²) in [6, 6.07) is 2.02. The van der Waals surface area contributed by atoms with Gasteiger partial charge in [0.05, 0.1) is 29.5 Å². The summed E-state index contributed by atoms with van der Waals surface area (Å²) in [4.78, 5) is 42.0. The van der Waals surface area contributed by atoms with Gasteiger partial charge in [0.15, 0.2) is 0 Å². The lowest BCUT2D eigenvalue weighted by atomic mass is 10.0. The van der Waals surface area contributed by atoms with Gasteiger partial charge in [0.2, 0.25) is 5.91 Å². The number of nitrogens with zero attached hydrogens (tertiary/aromatic N) is 2. The third-order valence-corrected chi connectivity index (χ3v) is 9.86. The van der Waals surface area contributed by atoms with Crippen LogP contribution in [0.2, 0.25) is 5.02 Å². The number of amides is 2. The molecule has 0 spiro atoms. The zero-order chi connectivity index (χ0) is 32.7. The Morgan fingerprint density at radius 3 is 2.39 bits per heavy atom. The minimum absolute atomic E-state index is 0.0818. The van der Waals surface area contributed by atoms with E-state index in [0.29, 0.717) is 54.5 Å². The maximum absolute atomic E-state index is 13.0. The van der Waals surface area contributed by atoms with E-state index < -0.39 is 0 Å². The van der Waals surface area contributed by atoms with Gasteiger partial charge < -0.3 is 35.6 Å². The van der Waals surface area contributed by atoms with E-state index >= 15 is 0 Å². The fourth-order valence-electron chi connectivity index (χ4n) is 6.94. The molecule has 4 rings (SSSR count). The average molecular weight is 662 g/mol. The van der Waals surface area contributed by atoms with Crippen LogP contribution in [0.15, 0.2) is 6.07 Å². The Morgan fingerprint density at radius 1 is 0.913 bits per heavy atom. The van der Waals surface area contributed by atoms with Gasteiger partial charge in [-0.15, -0.1) is 0 Å². The Kier molecular flexibility index (Phi) is 15.2. The second kappa shape index (κ2) is 19.3. The number of hydrogen-bond donors (Lipinski definition) is 3. The van der Waals surface area contributed by atoms with E-state index in [1.165, 1.54) is 12.8 Å². The number of hydrogen-bond acceptors (Lipinski definition) is 8. The molecule has 1 unspecified atom stereocenters. The van der Waals surface area contributed by atoms with Crippen LogP contribution in [0.4, 0.5) is 5.69 Å². The number of piperidine rings is 2. The third-order valence-electron chi connectivity index (χ3n) is 9.55. The molecule has 0 aromatic heterocycles. The highest BCUT2D eigenvalue weighted by molar-refractivity contribution is 6.33. The molecule has 0 radical (unpaired) electrons. The monoisotopic (exact) mass is 661 g/mol. The molecule has 10 nitrogen and oxygen atoms in total. The Hall–Kier alpha value is -2.56. The van der Waals surface area contributed by atoms with E-state index in [-0.39, 0.29) is 29.9 Å². The first-order chi connectivity index (χ1) is 22.3. The molecule has 258 valence electrons. The number of ether oxygens (including phenoxy) is 2. The lowest BCUT2D eigenvalue weighted by molar-refractivity contribution is -0.143. The van der Waals surface area contributed by atoms with Crippen LogP contribution in [-0.4, -0.2) is 92.1 Å². The summed E-state index contributed by atoms with van der Waals surface area (Å²) in [5, 5.41) is 6.87. The first-order valence-corrected chi connectivity index (χ1v) is 18.2. The number of nitrogens with two attached hydrogens (primary N) is 1. The van der Waals surface area contributed by atoms with Crippen LogP contribution in [0.3, 0.4) is 0 Å². The van der Waals surface area contributed by atoms with Crippen molar-refractivity contribution in [2.24, 2.45) is 0 Å². The number of halogens is 1. The normalized spacial score (nSPS) is 19.0. The van der Waals surface area contributed by atoms with Gasteiger partial charge in [-0.3, -0.25) is 14.4 Å². The molecule has 4 N–H and O–H groups in total. The van der Waals surface area contributed by atoms with Crippen molar-refractivity contribution in [2.45, 2.75) is 115 Å². The average Bonchev–Trinajstić information content (AvgIpc) is 3.54. The summed E-state index contributed by atoms with van der Waals surface area (Å²) in [5.41, 5.74) is 7.90. The highest BCUT2D eigenvalue weighted by atomic mass is 35.5. The van der Waals surface area contributed by atoms with Gasteiger partial charge in [0, 0.05) is 56.5 Å². The number of fused-ring (bicyclic) bond motifs is 1. The lowest BCUT2D eigenvalue weighted by Crippen LogP contribution is -2.47. The fraction of sp³-hybridized carbons (Fsp3) is 0.743. The van der Waals surface area contributed by atoms with Crippen LogP contribution in [0.1, 0.15) is 113 Å². The minimum atomic E-state index is -0.145. The second-order valence-electron chi connectivity index (χ2n) is 13.2. The topological polar surface area (TPSA) is 126 Å². The van der Waals surface area contributed by atoms with Crippen molar-refractivity contribution in [2.75, 3.05) is 58.2 Å². The molecule has 2 fully saturated rings. The smallest absolute Gasteiger partial charge is 0.305 e. The molecule has 3 heterocycles. The number of anilines is 1.